The highest BCUT2D eigenvalue weighted by atomic mass is 17.0. The molecule has 5 nitrogen and oxygen atoms in total. The number of epoxide rings is 1. The van der Waals surface area contributed by atoms with Gasteiger partial charge in [-0.2, -0.15) is 0 Å². The van der Waals surface area contributed by atoms with Gasteiger partial charge in [-0.05, 0) is 17.2 Å². The van der Waals surface area contributed by atoms with Crippen LogP contribution in [0.15, 0.2) is 127 Å². The predicted molar refractivity (Wildman–Crippen MR) is 136 cm³/mol. The Kier molecular flexibility index (Phi) is 9.84. The summed E-state index contributed by atoms with van der Waals surface area (Å²) in [4.78, 5) is 23.8. The maximum absolute atomic E-state index is 12.1. The number of hydrogen-bond donors (Lipinski definition) is 2. The van der Waals surface area contributed by atoms with Crippen molar-refractivity contribution < 1.29 is 24.8 Å². The molecule has 4 aromatic rings. The molecular formula is C30H26O5. The molecule has 0 aromatic heterocycles. The van der Waals surface area contributed by atoms with Crippen LogP contribution in [-0.4, -0.2) is 28.2 Å². The van der Waals surface area contributed by atoms with Crippen LogP contribution in [0.3, 0.4) is 0 Å². The van der Waals surface area contributed by atoms with Gasteiger partial charge in [0.1, 0.15) is 6.10 Å². The zero-order chi connectivity index (χ0) is 24.9. The van der Waals surface area contributed by atoms with Crippen LogP contribution in [0.2, 0.25) is 0 Å². The Balaban J connectivity index is 0.000000183. The maximum Gasteiger partial charge on any atom is 0.194 e. The Morgan fingerprint density at radius 2 is 1.09 bits per heavy atom. The van der Waals surface area contributed by atoms with Crippen molar-refractivity contribution in [3.8, 4) is 0 Å². The monoisotopic (exact) mass is 466 g/mol. The van der Waals surface area contributed by atoms with Crippen molar-refractivity contribution >= 4 is 17.6 Å². The standard InChI is InChI=1S/C15H12O2.C15H12O.H2O2/c16-13(11-7-3-1-4-8-11)15-14(17-15)12-9-5-2-6-10-12;16-15(14-9-5-2-6-10-14)12-11-13-7-3-1-4-8-13;1-2/h1-10,14-15H;1-12H;1-2H/b;12-11+;. The van der Waals surface area contributed by atoms with Crippen molar-refractivity contribution in [1.29, 1.82) is 0 Å². The van der Waals surface area contributed by atoms with Crippen molar-refractivity contribution in [3.05, 3.63) is 150 Å². The predicted octanol–water partition coefficient (Wildman–Crippen LogP) is 6.61. The number of allylic oxidation sites excluding steroid dienone is 1. The highest BCUT2D eigenvalue weighted by Gasteiger charge is 2.45. The van der Waals surface area contributed by atoms with Gasteiger partial charge in [0.25, 0.3) is 0 Å². The maximum atomic E-state index is 12.1. The molecule has 5 rings (SSSR count). The average Bonchev–Trinajstić information content (AvgIpc) is 3.76. The third kappa shape index (κ3) is 7.69. The summed E-state index contributed by atoms with van der Waals surface area (Å²) in [5, 5.41) is 12.0. The fourth-order valence-electron chi connectivity index (χ4n) is 3.41. The van der Waals surface area contributed by atoms with Crippen LogP contribution in [0, 0.1) is 0 Å². The molecule has 1 fully saturated rings. The minimum atomic E-state index is -0.306. The average molecular weight is 467 g/mol. The van der Waals surface area contributed by atoms with Gasteiger partial charge >= 0.3 is 0 Å². The smallest absolute Gasteiger partial charge is 0.194 e. The fourth-order valence-corrected chi connectivity index (χ4v) is 3.41. The van der Waals surface area contributed by atoms with E-state index in [1.54, 1.807) is 6.08 Å². The zero-order valence-electron chi connectivity index (χ0n) is 19.0. The van der Waals surface area contributed by atoms with Crippen LogP contribution in [0.1, 0.15) is 37.9 Å². The SMILES string of the molecule is O=C(/C=C/c1ccccc1)c1ccccc1.O=C(c1ccccc1)C1OC1c1ccccc1.OO. The quantitative estimate of drug-likeness (QED) is 0.110. The molecule has 1 aliphatic heterocycles. The molecular weight excluding hydrogens is 440 g/mol. The molecule has 2 atom stereocenters. The lowest BCUT2D eigenvalue weighted by molar-refractivity contribution is -0.176. The molecule has 35 heavy (non-hydrogen) atoms. The second-order valence-electron chi connectivity index (χ2n) is 7.59. The Morgan fingerprint density at radius 1 is 0.629 bits per heavy atom. The summed E-state index contributed by atoms with van der Waals surface area (Å²) in [6.45, 7) is 0. The lowest BCUT2D eigenvalue weighted by Crippen LogP contribution is -2.07. The highest BCUT2D eigenvalue weighted by Crippen LogP contribution is 2.40. The van der Waals surface area contributed by atoms with Gasteiger partial charge in [0.15, 0.2) is 17.7 Å². The highest BCUT2D eigenvalue weighted by molar-refractivity contribution is 6.06. The Morgan fingerprint density at radius 3 is 1.63 bits per heavy atom. The number of carbonyl (C=O) groups excluding carboxylic acids is 2. The van der Waals surface area contributed by atoms with Gasteiger partial charge in [-0.1, -0.05) is 127 Å². The summed E-state index contributed by atoms with van der Waals surface area (Å²) in [6.07, 6.45) is 3.06. The Labute approximate surface area is 204 Å². The van der Waals surface area contributed by atoms with Gasteiger partial charge < -0.3 is 4.74 Å². The number of ether oxygens (including phenoxy) is 1. The first-order chi connectivity index (χ1) is 17.2. The van der Waals surface area contributed by atoms with Gasteiger partial charge in [0, 0.05) is 11.1 Å². The summed E-state index contributed by atoms with van der Waals surface area (Å²) in [5.41, 5.74) is 3.54. The summed E-state index contributed by atoms with van der Waals surface area (Å²) >= 11 is 0. The number of ketones is 2. The van der Waals surface area contributed by atoms with E-state index in [0.717, 1.165) is 22.3 Å². The normalized spacial score (nSPS) is 15.7. The third-order valence-electron chi connectivity index (χ3n) is 5.22. The van der Waals surface area contributed by atoms with Gasteiger partial charge in [0.2, 0.25) is 0 Å². The second kappa shape index (κ2) is 13.5. The van der Waals surface area contributed by atoms with Crippen LogP contribution >= 0.6 is 0 Å². The minimum Gasteiger partial charge on any atom is -0.356 e. The van der Waals surface area contributed by atoms with Gasteiger partial charge in [-0.15, -0.1) is 0 Å². The number of hydrogen-bond acceptors (Lipinski definition) is 5. The molecule has 2 unspecified atom stereocenters. The summed E-state index contributed by atoms with van der Waals surface area (Å²) < 4.78 is 5.47. The zero-order valence-corrected chi connectivity index (χ0v) is 19.0. The van der Waals surface area contributed by atoms with Gasteiger partial charge in [-0.3, -0.25) is 20.1 Å². The van der Waals surface area contributed by atoms with E-state index in [9.17, 15) is 9.59 Å². The topological polar surface area (TPSA) is 87.1 Å². The molecule has 5 heteroatoms. The van der Waals surface area contributed by atoms with Crippen LogP contribution in [-0.2, 0) is 4.74 Å². The van der Waals surface area contributed by atoms with Crippen LogP contribution in [0.4, 0.5) is 0 Å². The molecule has 0 spiro atoms. The molecule has 1 aliphatic rings. The summed E-state index contributed by atoms with van der Waals surface area (Å²) in [7, 11) is 0. The van der Waals surface area contributed by atoms with Crippen molar-refractivity contribution in [2.24, 2.45) is 0 Å². The molecule has 0 saturated carbocycles. The Bertz CT molecular complexity index is 1210. The number of carbonyl (C=O) groups is 2. The van der Waals surface area contributed by atoms with Crippen molar-refractivity contribution in [2.45, 2.75) is 12.2 Å². The van der Waals surface area contributed by atoms with Crippen molar-refractivity contribution in [1.82, 2.24) is 0 Å². The first-order valence-corrected chi connectivity index (χ1v) is 11.0. The molecule has 176 valence electrons. The van der Waals surface area contributed by atoms with E-state index in [4.69, 9.17) is 15.3 Å². The van der Waals surface area contributed by atoms with Crippen LogP contribution < -0.4 is 0 Å². The lowest BCUT2D eigenvalue weighted by Gasteiger charge is -1.96. The van der Waals surface area contributed by atoms with Crippen molar-refractivity contribution in [2.75, 3.05) is 0 Å². The molecule has 2 N–H and O–H groups in total. The van der Waals surface area contributed by atoms with Gasteiger partial charge in [0.05, 0.1) is 0 Å². The molecule has 1 heterocycles. The minimum absolute atomic E-state index is 0.0319. The van der Waals surface area contributed by atoms with E-state index in [1.165, 1.54) is 0 Å². The van der Waals surface area contributed by atoms with E-state index in [2.05, 4.69) is 0 Å². The number of rotatable bonds is 6. The van der Waals surface area contributed by atoms with E-state index in [-0.39, 0.29) is 23.8 Å². The summed E-state index contributed by atoms with van der Waals surface area (Å²) in [5.74, 6) is 0.101. The van der Waals surface area contributed by atoms with Crippen molar-refractivity contribution in [3.63, 3.8) is 0 Å². The Hall–Kier alpha value is -4.16. The van der Waals surface area contributed by atoms with E-state index >= 15 is 0 Å². The van der Waals surface area contributed by atoms with E-state index in [0.29, 0.717) is 0 Å². The van der Waals surface area contributed by atoms with Crippen LogP contribution in [0.25, 0.3) is 6.08 Å². The molecule has 0 bridgehead atoms. The molecule has 0 amide bonds. The number of Topliss-reactive ketones (excluding diaryl/α,β-unsaturated/α-hetero) is 1. The first-order valence-electron chi connectivity index (χ1n) is 11.0. The third-order valence-corrected chi connectivity index (χ3v) is 5.22. The summed E-state index contributed by atoms with van der Waals surface area (Å²) in [6, 6.07) is 38.2. The molecule has 4 aromatic carbocycles. The molecule has 0 radical (unpaired) electrons. The lowest BCUT2D eigenvalue weighted by atomic mass is 10.0. The molecule has 1 saturated heterocycles. The van der Waals surface area contributed by atoms with Crippen LogP contribution in [0.5, 0.6) is 0 Å². The fraction of sp³-hybridized carbons (Fsp3) is 0.0667. The first kappa shape index (κ1) is 25.5. The van der Waals surface area contributed by atoms with Gasteiger partial charge in [-0.25, -0.2) is 0 Å². The number of benzene rings is 4. The van der Waals surface area contributed by atoms with E-state index in [1.807, 2.05) is 127 Å². The molecule has 0 aliphatic carbocycles. The second-order valence-corrected chi connectivity index (χ2v) is 7.59. The largest absolute Gasteiger partial charge is 0.356 e. The van der Waals surface area contributed by atoms with E-state index < -0.39 is 0 Å².